The third kappa shape index (κ3) is 6.01. The lowest BCUT2D eigenvalue weighted by Gasteiger charge is -2.43. The summed E-state index contributed by atoms with van der Waals surface area (Å²) in [7, 11) is 1.84. The molecular formula is C36H38N6O4S. The second kappa shape index (κ2) is 12.5. The minimum Gasteiger partial charge on any atom is -0.388 e. The number of piperidine rings is 2. The molecule has 2 amide bonds. The van der Waals surface area contributed by atoms with E-state index in [1.165, 1.54) is 22.2 Å². The number of rotatable bonds is 6. The Bertz CT molecular complexity index is 1990. The summed E-state index contributed by atoms with van der Waals surface area (Å²) < 4.78 is 3.28. The van der Waals surface area contributed by atoms with Crippen molar-refractivity contribution in [2.45, 2.75) is 44.2 Å². The predicted octanol–water partition coefficient (Wildman–Crippen LogP) is 4.47. The van der Waals surface area contributed by atoms with Gasteiger partial charge in [-0.25, -0.2) is 4.98 Å². The number of aryl methyl sites for hydroxylation is 2. The molecule has 242 valence electrons. The Kier molecular flexibility index (Phi) is 8.27. The van der Waals surface area contributed by atoms with Gasteiger partial charge in [-0.05, 0) is 56.0 Å². The van der Waals surface area contributed by atoms with Crippen molar-refractivity contribution in [2.24, 2.45) is 13.0 Å². The third-order valence-electron chi connectivity index (χ3n) is 9.86. The molecule has 2 atom stereocenters. The average molecular weight is 651 g/mol. The Hall–Kier alpha value is -4.61. The number of hydrogen-bond donors (Lipinski definition) is 1. The van der Waals surface area contributed by atoms with E-state index in [0.717, 1.165) is 21.7 Å². The summed E-state index contributed by atoms with van der Waals surface area (Å²) in [6, 6.07) is 19.5. The normalized spacial score (nSPS) is 19.6. The number of amides is 2. The fourth-order valence-electron chi connectivity index (χ4n) is 7.11. The van der Waals surface area contributed by atoms with Gasteiger partial charge in [0, 0.05) is 73.6 Å². The van der Waals surface area contributed by atoms with Crippen molar-refractivity contribution in [1.29, 1.82) is 0 Å². The first-order valence-electron chi connectivity index (χ1n) is 16.1. The smallest absolute Gasteiger partial charge is 0.263 e. The van der Waals surface area contributed by atoms with Crippen LogP contribution in [0, 0.1) is 12.8 Å². The van der Waals surface area contributed by atoms with Gasteiger partial charge in [0.2, 0.25) is 5.91 Å². The fraction of sp³-hybridized carbons (Fsp3) is 0.361. The van der Waals surface area contributed by atoms with E-state index in [1.807, 2.05) is 78.4 Å². The lowest BCUT2D eigenvalue weighted by Crippen LogP contribution is -2.53. The van der Waals surface area contributed by atoms with Gasteiger partial charge < -0.3 is 19.5 Å². The summed E-state index contributed by atoms with van der Waals surface area (Å²) in [6.07, 6.45) is 6.35. The highest BCUT2D eigenvalue weighted by atomic mass is 32.1. The number of carbonyl (C=O) groups excluding carboxylic acids is 2. The van der Waals surface area contributed by atoms with Crippen molar-refractivity contribution < 1.29 is 14.7 Å². The first kappa shape index (κ1) is 31.0. The van der Waals surface area contributed by atoms with E-state index in [-0.39, 0.29) is 35.8 Å². The van der Waals surface area contributed by atoms with Gasteiger partial charge in [-0.1, -0.05) is 36.4 Å². The molecule has 0 spiro atoms. The first-order chi connectivity index (χ1) is 22.7. The summed E-state index contributed by atoms with van der Waals surface area (Å²) in [5, 5.41) is 12.0. The van der Waals surface area contributed by atoms with Gasteiger partial charge in [-0.15, -0.1) is 11.3 Å². The molecule has 6 heterocycles. The molecule has 7 rings (SSSR count). The van der Waals surface area contributed by atoms with Crippen molar-refractivity contribution in [2.75, 3.05) is 26.2 Å². The molecule has 2 fully saturated rings. The Morgan fingerprint density at radius 2 is 1.77 bits per heavy atom. The summed E-state index contributed by atoms with van der Waals surface area (Å²) in [4.78, 5) is 55.2. The molecule has 5 aromatic rings. The van der Waals surface area contributed by atoms with E-state index in [2.05, 4.69) is 9.97 Å². The monoisotopic (exact) mass is 650 g/mol. The number of hydrogen-bond acceptors (Lipinski definition) is 7. The van der Waals surface area contributed by atoms with Crippen LogP contribution >= 0.6 is 11.3 Å². The van der Waals surface area contributed by atoms with Crippen molar-refractivity contribution >= 4 is 34.2 Å². The van der Waals surface area contributed by atoms with Crippen LogP contribution in [0.1, 0.15) is 46.1 Å². The highest BCUT2D eigenvalue weighted by molar-refractivity contribution is 7.17. The molecule has 11 heteroatoms. The molecule has 1 aromatic carbocycles. The number of likely N-dealkylation sites (tertiary alicyclic amines) is 2. The highest BCUT2D eigenvalue weighted by Gasteiger charge is 2.42. The number of pyridine rings is 1. The van der Waals surface area contributed by atoms with Gasteiger partial charge in [0.05, 0.1) is 22.4 Å². The summed E-state index contributed by atoms with van der Waals surface area (Å²) in [5.74, 6) is -0.388. The number of carbonyl (C=O) groups is 2. The molecular weight excluding hydrogens is 613 g/mol. The number of aromatic nitrogens is 4. The maximum atomic E-state index is 14.1. The van der Waals surface area contributed by atoms with Gasteiger partial charge in [0.1, 0.15) is 12.0 Å². The topological polar surface area (TPSA) is 114 Å². The number of nitrogens with zero attached hydrogens (tertiary/aromatic N) is 6. The van der Waals surface area contributed by atoms with Gasteiger partial charge in [0.25, 0.3) is 11.5 Å². The molecule has 0 saturated carbocycles. The lowest BCUT2D eigenvalue weighted by molar-refractivity contribution is -0.142. The molecule has 0 radical (unpaired) electrons. The summed E-state index contributed by atoms with van der Waals surface area (Å²) >= 11 is 1.48. The van der Waals surface area contributed by atoms with Crippen LogP contribution in [0.3, 0.4) is 0 Å². The van der Waals surface area contributed by atoms with Crippen LogP contribution in [0.15, 0.2) is 84.2 Å². The Labute approximate surface area is 276 Å². The second-order valence-corrected chi connectivity index (χ2v) is 13.9. The largest absolute Gasteiger partial charge is 0.388 e. The van der Waals surface area contributed by atoms with Crippen molar-refractivity contribution in [1.82, 2.24) is 28.9 Å². The summed E-state index contributed by atoms with van der Waals surface area (Å²) in [5.41, 5.74) is 2.30. The minimum absolute atomic E-state index is 0.0175. The zero-order valence-corrected chi connectivity index (χ0v) is 27.4. The average Bonchev–Trinajstić information content (AvgIpc) is 3.73. The van der Waals surface area contributed by atoms with Crippen molar-refractivity contribution in [3.8, 4) is 10.4 Å². The highest BCUT2D eigenvalue weighted by Crippen LogP contribution is 2.37. The zero-order chi connectivity index (χ0) is 32.7. The van der Waals surface area contributed by atoms with Gasteiger partial charge in [0.15, 0.2) is 0 Å². The molecule has 0 bridgehead atoms. The van der Waals surface area contributed by atoms with E-state index in [1.54, 1.807) is 23.0 Å². The lowest BCUT2D eigenvalue weighted by atomic mass is 9.79. The third-order valence-corrected chi connectivity index (χ3v) is 11.0. The Morgan fingerprint density at radius 3 is 2.53 bits per heavy atom. The zero-order valence-electron chi connectivity index (χ0n) is 26.6. The van der Waals surface area contributed by atoms with Crippen LogP contribution in [0.2, 0.25) is 0 Å². The van der Waals surface area contributed by atoms with Gasteiger partial charge in [-0.2, -0.15) is 0 Å². The number of fused-ring (bicyclic) bond motifs is 1. The summed E-state index contributed by atoms with van der Waals surface area (Å²) in [6.45, 7) is 3.84. The fourth-order valence-corrected chi connectivity index (χ4v) is 8.17. The Morgan fingerprint density at radius 1 is 0.979 bits per heavy atom. The van der Waals surface area contributed by atoms with Crippen LogP contribution < -0.4 is 5.56 Å². The molecule has 47 heavy (non-hydrogen) atoms. The van der Waals surface area contributed by atoms with Crippen LogP contribution in [-0.4, -0.2) is 77.6 Å². The number of aliphatic hydroxyl groups is 1. The van der Waals surface area contributed by atoms with Crippen LogP contribution in [-0.2, 0) is 18.4 Å². The van der Waals surface area contributed by atoms with Crippen molar-refractivity contribution in [3.05, 3.63) is 106 Å². The van der Waals surface area contributed by atoms with E-state index in [9.17, 15) is 19.5 Å². The van der Waals surface area contributed by atoms with Gasteiger partial charge in [-0.3, -0.25) is 23.9 Å². The SMILES string of the molecule is Cc1ncccc1-c1ccc(C(=O)N2CC[C@@H](C(=O)N3CCC(O)(Cn4cnc5c(ccn5C)c4=O)CC3)[C@H](c3ccccc3)C2)s1. The van der Waals surface area contributed by atoms with Crippen LogP contribution in [0.25, 0.3) is 21.5 Å². The van der Waals surface area contributed by atoms with E-state index in [4.69, 9.17) is 0 Å². The maximum Gasteiger partial charge on any atom is 0.263 e. The van der Waals surface area contributed by atoms with Crippen LogP contribution in [0.5, 0.6) is 0 Å². The second-order valence-electron chi connectivity index (χ2n) is 12.9. The van der Waals surface area contributed by atoms with E-state index < -0.39 is 5.60 Å². The maximum absolute atomic E-state index is 14.1. The first-order valence-corrected chi connectivity index (χ1v) is 16.9. The standard InChI is InChI=1S/C36H38N6O4S/c1-24-26(9-6-16-37-24)30-10-11-31(47-30)35(45)41-18-13-27(29(21-41)25-7-4-3-5-8-25)33(43)40-19-14-36(46,15-20-40)22-42-23-38-32-28(34(42)44)12-17-39(32)2/h3-12,16-17,23,27,29,46H,13-15,18-22H2,1-2H3/t27-,29+/m1/s1. The van der Waals surface area contributed by atoms with Crippen LogP contribution in [0.4, 0.5) is 0 Å². The quantitative estimate of drug-likeness (QED) is 0.290. The number of benzene rings is 1. The molecule has 1 N–H and O–H groups in total. The van der Waals surface area contributed by atoms with E-state index in [0.29, 0.717) is 61.4 Å². The molecule has 0 unspecified atom stereocenters. The number of thiophene rings is 1. The molecule has 10 nitrogen and oxygen atoms in total. The Balaban J connectivity index is 1.04. The molecule has 2 aliphatic heterocycles. The molecule has 0 aliphatic carbocycles. The van der Waals surface area contributed by atoms with Crippen molar-refractivity contribution in [3.63, 3.8) is 0 Å². The molecule has 2 saturated heterocycles. The molecule has 2 aliphatic rings. The van der Waals surface area contributed by atoms with Gasteiger partial charge >= 0.3 is 0 Å². The predicted molar refractivity (Wildman–Crippen MR) is 181 cm³/mol. The minimum atomic E-state index is -1.12. The molecule has 4 aromatic heterocycles. The van der Waals surface area contributed by atoms with E-state index >= 15 is 0 Å².